The third kappa shape index (κ3) is 3.32. The Morgan fingerprint density at radius 1 is 0.857 bits per heavy atom. The molecule has 0 fully saturated rings. The third-order valence-electron chi connectivity index (χ3n) is 1.13. The first-order valence-corrected chi connectivity index (χ1v) is 7.50. The zero-order chi connectivity index (χ0) is 5.70. The van der Waals surface area contributed by atoms with Crippen LogP contribution in [0.3, 0.4) is 0 Å². The summed E-state index contributed by atoms with van der Waals surface area (Å²) in [5.74, 6) is 0. The van der Waals surface area contributed by atoms with Crippen LogP contribution in [0.1, 0.15) is 20.8 Å². The third-order valence-corrected chi connectivity index (χ3v) is 7.61. The van der Waals surface area contributed by atoms with Gasteiger partial charge in [0, 0.05) is 0 Å². The van der Waals surface area contributed by atoms with Crippen molar-refractivity contribution >= 4 is 19.8 Å². The van der Waals surface area contributed by atoms with Crippen LogP contribution in [0.2, 0.25) is 0 Å². The summed E-state index contributed by atoms with van der Waals surface area (Å²) in [6, 6.07) is 0. The average Bonchev–Trinajstić information content (AvgIpc) is 1.72. The first-order chi connectivity index (χ1) is 3.35. The van der Waals surface area contributed by atoms with Crippen LogP contribution in [-0.4, -0.2) is 13.3 Å². The van der Waals surface area contributed by atoms with Crippen LogP contribution in [0, 0.1) is 0 Å². The van der Waals surface area contributed by atoms with E-state index in [0.29, 0.717) is 0 Å². The molecule has 0 aromatic rings. The minimum absolute atomic E-state index is 0.319. The van der Waals surface area contributed by atoms with Gasteiger partial charge in [0.05, 0.1) is 0 Å². The zero-order valence-electron chi connectivity index (χ0n) is 5.50. The van der Waals surface area contributed by atoms with Gasteiger partial charge in [-0.05, 0) is 0 Å². The second kappa shape index (κ2) is 4.88. The van der Waals surface area contributed by atoms with Gasteiger partial charge in [-0.25, -0.2) is 0 Å². The van der Waals surface area contributed by atoms with Gasteiger partial charge in [-0.2, -0.15) is 0 Å². The molecule has 0 nitrogen and oxygen atoms in total. The molecule has 0 aromatic carbocycles. The number of rotatable bonds is 3. The predicted octanol–water partition coefficient (Wildman–Crippen LogP) is 2.55. The van der Waals surface area contributed by atoms with Gasteiger partial charge in [-0.3, -0.25) is 0 Å². The van der Waals surface area contributed by atoms with Crippen molar-refractivity contribution in [3.05, 3.63) is 0 Å². The van der Waals surface area contributed by atoms with Gasteiger partial charge in [0.25, 0.3) is 0 Å². The van der Waals surface area contributed by atoms with E-state index >= 15 is 0 Å². The standard InChI is InChI=1S/C6H15I/c1-4-7(5-2)6-3/h4-6H2,1-3H3. The van der Waals surface area contributed by atoms with Gasteiger partial charge < -0.3 is 0 Å². The number of halogens is 1. The summed E-state index contributed by atoms with van der Waals surface area (Å²) in [5.41, 5.74) is 0. The predicted molar refractivity (Wildman–Crippen MR) is 45.6 cm³/mol. The van der Waals surface area contributed by atoms with E-state index in [2.05, 4.69) is 20.8 Å². The van der Waals surface area contributed by atoms with E-state index in [9.17, 15) is 0 Å². The van der Waals surface area contributed by atoms with Crippen LogP contribution in [0.4, 0.5) is 0 Å². The van der Waals surface area contributed by atoms with E-state index in [1.165, 1.54) is 13.3 Å². The van der Waals surface area contributed by atoms with Crippen molar-refractivity contribution in [1.29, 1.82) is 0 Å². The van der Waals surface area contributed by atoms with Crippen molar-refractivity contribution in [2.45, 2.75) is 20.8 Å². The van der Waals surface area contributed by atoms with Gasteiger partial charge in [0.1, 0.15) is 0 Å². The van der Waals surface area contributed by atoms with Crippen molar-refractivity contribution in [1.82, 2.24) is 0 Å². The van der Waals surface area contributed by atoms with Crippen molar-refractivity contribution < 1.29 is 0 Å². The van der Waals surface area contributed by atoms with Crippen LogP contribution in [0.15, 0.2) is 0 Å². The summed E-state index contributed by atoms with van der Waals surface area (Å²) in [4.78, 5) is 0. The van der Waals surface area contributed by atoms with Crippen LogP contribution in [0.5, 0.6) is 0 Å². The molecule has 0 bridgehead atoms. The fourth-order valence-electron chi connectivity index (χ4n) is 0.567. The molecule has 0 radical (unpaired) electrons. The van der Waals surface area contributed by atoms with E-state index in [1.807, 2.05) is 0 Å². The Balaban J connectivity index is 2.99. The Bertz CT molecular complexity index is 25.7. The van der Waals surface area contributed by atoms with Crippen LogP contribution in [0.25, 0.3) is 0 Å². The molecule has 0 N–H and O–H groups in total. The van der Waals surface area contributed by atoms with Gasteiger partial charge in [-0.15, -0.1) is 0 Å². The summed E-state index contributed by atoms with van der Waals surface area (Å²) in [6.45, 7) is 6.99. The van der Waals surface area contributed by atoms with E-state index < -0.39 is 0 Å². The van der Waals surface area contributed by atoms with Gasteiger partial charge in [-0.1, -0.05) is 0 Å². The van der Waals surface area contributed by atoms with Crippen molar-refractivity contribution in [3.63, 3.8) is 0 Å². The quantitative estimate of drug-likeness (QED) is 0.500. The molecule has 7 heavy (non-hydrogen) atoms. The van der Waals surface area contributed by atoms with Gasteiger partial charge >= 0.3 is 53.9 Å². The molecule has 0 aliphatic rings. The molecule has 0 aliphatic heterocycles. The fourth-order valence-corrected chi connectivity index (χ4v) is 3.80. The molecule has 0 saturated carbocycles. The SMILES string of the molecule is CCI(CC)CC. The molecule has 0 atom stereocenters. The Morgan fingerprint density at radius 3 is 1.14 bits per heavy atom. The van der Waals surface area contributed by atoms with Crippen molar-refractivity contribution in [2.75, 3.05) is 13.3 Å². The summed E-state index contributed by atoms with van der Waals surface area (Å²) in [5, 5.41) is 0. The molecular weight excluding hydrogens is 199 g/mol. The van der Waals surface area contributed by atoms with Crippen molar-refractivity contribution in [2.24, 2.45) is 0 Å². The number of hydrogen-bond donors (Lipinski definition) is 0. The van der Waals surface area contributed by atoms with Crippen molar-refractivity contribution in [3.8, 4) is 0 Å². The molecule has 0 saturated heterocycles. The molecular formula is C6H15I. The molecule has 0 rings (SSSR count). The summed E-state index contributed by atoms with van der Waals surface area (Å²) in [6.07, 6.45) is 0. The Labute approximate surface area is 54.1 Å². The molecule has 46 valence electrons. The molecule has 1 heteroatoms. The normalized spacial score (nSPS) is 11.6. The van der Waals surface area contributed by atoms with Crippen LogP contribution < -0.4 is 0 Å². The van der Waals surface area contributed by atoms with E-state index in [1.54, 1.807) is 0 Å². The second-order valence-corrected chi connectivity index (χ2v) is 9.18. The molecule has 0 unspecified atom stereocenters. The second-order valence-electron chi connectivity index (χ2n) is 1.37. The Hall–Kier alpha value is 0.730. The molecule has 0 spiro atoms. The van der Waals surface area contributed by atoms with E-state index in [4.69, 9.17) is 0 Å². The molecule has 0 aliphatic carbocycles. The minimum atomic E-state index is -0.319. The van der Waals surface area contributed by atoms with E-state index in [-0.39, 0.29) is 19.8 Å². The van der Waals surface area contributed by atoms with Crippen LogP contribution >= 0.6 is 19.8 Å². The first kappa shape index (κ1) is 7.73. The maximum atomic E-state index is 2.33. The summed E-state index contributed by atoms with van der Waals surface area (Å²) < 4.78 is 4.53. The first-order valence-electron chi connectivity index (χ1n) is 2.92. The Kier molecular flexibility index (Phi) is 5.39. The number of hydrogen-bond acceptors (Lipinski definition) is 0. The summed E-state index contributed by atoms with van der Waals surface area (Å²) in [7, 11) is 0. The van der Waals surface area contributed by atoms with Crippen LogP contribution in [-0.2, 0) is 0 Å². The fraction of sp³-hybridized carbons (Fsp3) is 1.00. The monoisotopic (exact) mass is 214 g/mol. The molecule has 0 aromatic heterocycles. The summed E-state index contributed by atoms with van der Waals surface area (Å²) >= 11 is -0.319. The Morgan fingerprint density at radius 2 is 1.14 bits per heavy atom. The van der Waals surface area contributed by atoms with Gasteiger partial charge in [0.15, 0.2) is 0 Å². The molecule has 0 heterocycles. The topological polar surface area (TPSA) is 0 Å². The molecule has 0 amide bonds. The number of alkyl halides is 3. The average molecular weight is 214 g/mol. The maximum absolute atomic E-state index is 2.33. The van der Waals surface area contributed by atoms with Gasteiger partial charge in [0.2, 0.25) is 0 Å². The van der Waals surface area contributed by atoms with E-state index in [0.717, 1.165) is 0 Å². The zero-order valence-corrected chi connectivity index (χ0v) is 7.66.